The first-order valence-corrected chi connectivity index (χ1v) is 6.28. The van der Waals surface area contributed by atoms with Crippen molar-refractivity contribution in [3.05, 3.63) is 0 Å². The molecule has 2 unspecified atom stereocenters. The number of carboxylic acid groups (broad SMARTS) is 1. The number of carboxylic acids is 1. The minimum atomic E-state index is -0.788. The van der Waals surface area contributed by atoms with E-state index in [0.717, 1.165) is 0 Å². The summed E-state index contributed by atoms with van der Waals surface area (Å²) in [7, 11) is 0. The summed E-state index contributed by atoms with van der Waals surface area (Å²) in [5.74, 6) is -0.146. The first-order valence-electron chi connectivity index (χ1n) is 6.28. The van der Waals surface area contributed by atoms with Gasteiger partial charge >= 0.3 is 12.0 Å². The molecule has 1 rings (SSSR count). The molecule has 17 heavy (non-hydrogen) atoms. The van der Waals surface area contributed by atoms with Gasteiger partial charge in [0.2, 0.25) is 0 Å². The summed E-state index contributed by atoms with van der Waals surface area (Å²) >= 11 is 0. The lowest BCUT2D eigenvalue weighted by atomic mass is 10.1. The van der Waals surface area contributed by atoms with Crippen molar-refractivity contribution in [1.82, 2.24) is 10.6 Å². The molecule has 0 radical (unpaired) electrons. The quantitative estimate of drug-likeness (QED) is 0.636. The van der Waals surface area contributed by atoms with Gasteiger partial charge in [-0.1, -0.05) is 0 Å². The lowest BCUT2D eigenvalue weighted by Crippen LogP contribution is -2.45. The zero-order chi connectivity index (χ0) is 12.8. The Balaban J connectivity index is 2.09. The van der Waals surface area contributed by atoms with Gasteiger partial charge in [0.15, 0.2) is 0 Å². The summed E-state index contributed by atoms with van der Waals surface area (Å²) in [6.07, 6.45) is 3.85. The molecular weight excluding hydrogens is 220 g/mol. The lowest BCUT2D eigenvalue weighted by Gasteiger charge is -2.17. The molecule has 0 aliphatic heterocycles. The Kier molecular flexibility index (Phi) is 5.25. The number of hydrogen-bond donors (Lipinski definition) is 3. The van der Waals surface area contributed by atoms with Crippen molar-refractivity contribution in [3.8, 4) is 0 Å². The van der Waals surface area contributed by atoms with Crippen LogP contribution >= 0.6 is 0 Å². The number of hydrogen-bond acceptors (Lipinski definition) is 2. The van der Waals surface area contributed by atoms with E-state index in [9.17, 15) is 9.59 Å². The van der Waals surface area contributed by atoms with E-state index in [1.807, 2.05) is 13.8 Å². The second-order valence-corrected chi connectivity index (χ2v) is 4.93. The first-order chi connectivity index (χ1) is 7.99. The summed E-state index contributed by atoms with van der Waals surface area (Å²) in [5, 5.41) is 14.2. The fourth-order valence-corrected chi connectivity index (χ4v) is 1.82. The molecule has 5 heteroatoms. The monoisotopic (exact) mass is 242 g/mol. The third-order valence-electron chi connectivity index (χ3n) is 3.09. The zero-order valence-electron chi connectivity index (χ0n) is 10.5. The first kappa shape index (κ1) is 13.8. The van der Waals surface area contributed by atoms with E-state index < -0.39 is 5.97 Å². The van der Waals surface area contributed by atoms with E-state index >= 15 is 0 Å². The molecule has 0 saturated heterocycles. The van der Waals surface area contributed by atoms with Crippen molar-refractivity contribution in [2.24, 2.45) is 5.92 Å². The van der Waals surface area contributed by atoms with Gasteiger partial charge in [-0.25, -0.2) is 4.79 Å². The van der Waals surface area contributed by atoms with Crippen molar-refractivity contribution < 1.29 is 14.7 Å². The molecule has 2 atom stereocenters. The molecule has 1 aliphatic carbocycles. The van der Waals surface area contributed by atoms with Gasteiger partial charge in [0.05, 0.1) is 0 Å². The van der Waals surface area contributed by atoms with Gasteiger partial charge in [0.25, 0.3) is 0 Å². The second-order valence-electron chi connectivity index (χ2n) is 4.93. The van der Waals surface area contributed by atoms with E-state index in [1.165, 1.54) is 12.8 Å². The molecule has 0 aromatic heterocycles. The summed E-state index contributed by atoms with van der Waals surface area (Å²) in [5.41, 5.74) is 0. The molecule has 98 valence electrons. The molecule has 1 fully saturated rings. The summed E-state index contributed by atoms with van der Waals surface area (Å²) in [4.78, 5) is 21.9. The second kappa shape index (κ2) is 6.47. The fraction of sp³-hybridized carbons (Fsp3) is 0.833. The molecule has 2 amide bonds. The molecule has 0 bridgehead atoms. The number of carbonyl (C=O) groups excluding carboxylic acids is 1. The third kappa shape index (κ3) is 6.14. The van der Waals surface area contributed by atoms with Gasteiger partial charge in [-0.2, -0.15) is 0 Å². The molecule has 0 aromatic rings. The molecule has 1 saturated carbocycles. The van der Waals surface area contributed by atoms with Gasteiger partial charge in [-0.15, -0.1) is 0 Å². The van der Waals surface area contributed by atoms with Crippen molar-refractivity contribution in [3.63, 3.8) is 0 Å². The maximum absolute atomic E-state index is 11.6. The highest BCUT2D eigenvalue weighted by molar-refractivity contribution is 5.74. The van der Waals surface area contributed by atoms with Crippen LogP contribution in [0.25, 0.3) is 0 Å². The minimum Gasteiger partial charge on any atom is -0.481 e. The Morgan fingerprint density at radius 1 is 1.29 bits per heavy atom. The smallest absolute Gasteiger partial charge is 0.315 e. The van der Waals surface area contributed by atoms with Gasteiger partial charge in [-0.05, 0) is 45.4 Å². The lowest BCUT2D eigenvalue weighted by molar-refractivity contribution is -0.137. The molecule has 1 aliphatic rings. The van der Waals surface area contributed by atoms with Crippen molar-refractivity contribution in [2.75, 3.05) is 0 Å². The van der Waals surface area contributed by atoms with Crippen LogP contribution in [-0.4, -0.2) is 29.2 Å². The number of amides is 2. The summed E-state index contributed by atoms with van der Waals surface area (Å²) in [6.45, 7) is 3.91. The molecular formula is C12H22N2O3. The van der Waals surface area contributed by atoms with E-state index in [4.69, 9.17) is 5.11 Å². The number of nitrogens with one attached hydrogen (secondary N) is 2. The van der Waals surface area contributed by atoms with Crippen LogP contribution in [-0.2, 0) is 4.79 Å². The van der Waals surface area contributed by atoms with Crippen LogP contribution in [0.4, 0.5) is 4.79 Å². The molecule has 0 heterocycles. The van der Waals surface area contributed by atoms with E-state index in [1.54, 1.807) is 0 Å². The highest BCUT2D eigenvalue weighted by Crippen LogP contribution is 2.32. The topological polar surface area (TPSA) is 78.4 Å². The van der Waals surface area contributed by atoms with Crippen LogP contribution in [0.1, 0.15) is 46.0 Å². The van der Waals surface area contributed by atoms with Crippen molar-refractivity contribution >= 4 is 12.0 Å². The number of urea groups is 1. The van der Waals surface area contributed by atoms with Gasteiger partial charge in [0, 0.05) is 18.5 Å². The maximum Gasteiger partial charge on any atom is 0.315 e. The Morgan fingerprint density at radius 2 is 1.94 bits per heavy atom. The average Bonchev–Trinajstić information content (AvgIpc) is 2.98. The average molecular weight is 242 g/mol. The van der Waals surface area contributed by atoms with Crippen LogP contribution in [0, 0.1) is 5.92 Å². The maximum atomic E-state index is 11.6. The van der Waals surface area contributed by atoms with Crippen LogP contribution in [0.3, 0.4) is 0 Å². The number of rotatable bonds is 7. The molecule has 0 spiro atoms. The fourth-order valence-electron chi connectivity index (χ4n) is 1.82. The largest absolute Gasteiger partial charge is 0.481 e. The van der Waals surface area contributed by atoms with Gasteiger partial charge in [0.1, 0.15) is 0 Å². The van der Waals surface area contributed by atoms with Crippen LogP contribution in [0.15, 0.2) is 0 Å². The van der Waals surface area contributed by atoms with E-state index in [0.29, 0.717) is 18.8 Å². The van der Waals surface area contributed by atoms with Crippen molar-refractivity contribution in [2.45, 2.75) is 58.0 Å². The highest BCUT2D eigenvalue weighted by atomic mass is 16.4. The SMILES string of the molecule is CC(CCCC(=O)O)NC(=O)NC(C)C1CC1. The van der Waals surface area contributed by atoms with Gasteiger partial charge in [-0.3, -0.25) is 4.79 Å². The van der Waals surface area contributed by atoms with Crippen LogP contribution in [0.5, 0.6) is 0 Å². The van der Waals surface area contributed by atoms with Crippen LogP contribution < -0.4 is 10.6 Å². The summed E-state index contributed by atoms with van der Waals surface area (Å²) in [6, 6.07) is 0.106. The number of aliphatic carboxylic acids is 1. The zero-order valence-corrected chi connectivity index (χ0v) is 10.5. The Labute approximate surface area is 102 Å². The minimum absolute atomic E-state index is 0.0146. The Bertz CT molecular complexity index is 277. The third-order valence-corrected chi connectivity index (χ3v) is 3.09. The number of carbonyl (C=O) groups is 2. The van der Waals surface area contributed by atoms with Gasteiger partial charge < -0.3 is 15.7 Å². The van der Waals surface area contributed by atoms with Crippen LogP contribution in [0.2, 0.25) is 0 Å². The Hall–Kier alpha value is -1.26. The summed E-state index contributed by atoms with van der Waals surface area (Å²) < 4.78 is 0. The molecule has 0 aromatic carbocycles. The van der Waals surface area contributed by atoms with E-state index in [-0.39, 0.29) is 24.5 Å². The highest BCUT2D eigenvalue weighted by Gasteiger charge is 2.28. The van der Waals surface area contributed by atoms with Crippen molar-refractivity contribution in [1.29, 1.82) is 0 Å². The predicted molar refractivity (Wildman–Crippen MR) is 64.8 cm³/mol. The molecule has 3 N–H and O–H groups in total. The normalized spacial score (nSPS) is 18.2. The van der Waals surface area contributed by atoms with E-state index in [2.05, 4.69) is 10.6 Å². The molecule has 5 nitrogen and oxygen atoms in total. The Morgan fingerprint density at radius 3 is 2.47 bits per heavy atom. The standard InChI is InChI=1S/C12H22N2O3/c1-8(4-3-5-11(15)16)13-12(17)14-9(2)10-6-7-10/h8-10H,3-7H2,1-2H3,(H,15,16)(H2,13,14,17). The predicted octanol–water partition coefficient (Wildman–Crippen LogP) is 1.73.